The number of rotatable bonds is 6. The van der Waals surface area contributed by atoms with Gasteiger partial charge in [0.15, 0.2) is 0 Å². The number of nitrogens with zero attached hydrogens (tertiary/aromatic N) is 2. The molecule has 4 rings (SSSR count). The van der Waals surface area contributed by atoms with Gasteiger partial charge in [0, 0.05) is 43.9 Å². The van der Waals surface area contributed by atoms with Crippen molar-refractivity contribution in [1.29, 1.82) is 0 Å². The molecule has 2 aliphatic heterocycles. The van der Waals surface area contributed by atoms with Gasteiger partial charge in [0.1, 0.15) is 17.4 Å². The molecule has 32 heavy (non-hydrogen) atoms. The van der Waals surface area contributed by atoms with Gasteiger partial charge in [-0.1, -0.05) is 36.4 Å². The third kappa shape index (κ3) is 5.34. The number of hydrogen-bond acceptors (Lipinski definition) is 6. The van der Waals surface area contributed by atoms with E-state index in [1.165, 1.54) is 0 Å². The van der Waals surface area contributed by atoms with Gasteiger partial charge in [-0.05, 0) is 25.5 Å². The van der Waals surface area contributed by atoms with Crippen molar-refractivity contribution in [3.63, 3.8) is 0 Å². The van der Waals surface area contributed by atoms with Crippen molar-refractivity contribution in [2.75, 3.05) is 45.9 Å². The Bertz CT molecular complexity index is 885. The van der Waals surface area contributed by atoms with E-state index in [0.717, 1.165) is 37.2 Å². The molecule has 1 fully saturated rings. The van der Waals surface area contributed by atoms with Gasteiger partial charge in [-0.25, -0.2) is 4.79 Å². The monoisotopic (exact) mass is 460 g/mol. The summed E-state index contributed by atoms with van der Waals surface area (Å²) in [6.45, 7) is 6.31. The number of halogens is 1. The second kappa shape index (κ2) is 11.2. The van der Waals surface area contributed by atoms with E-state index < -0.39 is 5.92 Å². The van der Waals surface area contributed by atoms with Gasteiger partial charge < -0.3 is 19.1 Å². The van der Waals surface area contributed by atoms with Crippen LogP contribution in [-0.2, 0) is 14.3 Å². The number of carbonyl (C=O) groups excluding carboxylic acids is 2. The van der Waals surface area contributed by atoms with Crippen LogP contribution >= 0.6 is 12.4 Å². The first-order valence-electron chi connectivity index (χ1n) is 10.8. The Morgan fingerprint density at radius 2 is 1.53 bits per heavy atom. The average Bonchev–Trinajstić information content (AvgIpc) is 2.80. The Morgan fingerprint density at radius 3 is 2.12 bits per heavy atom. The van der Waals surface area contributed by atoms with Crippen molar-refractivity contribution >= 4 is 24.5 Å². The lowest BCUT2D eigenvalue weighted by Gasteiger charge is -2.34. The summed E-state index contributed by atoms with van der Waals surface area (Å²) in [5.41, 5.74) is 1.67. The number of para-hydroxylation sites is 2. The van der Waals surface area contributed by atoms with Crippen LogP contribution in [0.2, 0.25) is 0 Å². The van der Waals surface area contributed by atoms with Crippen molar-refractivity contribution in [3.8, 4) is 11.5 Å². The van der Waals surface area contributed by atoms with Gasteiger partial charge in [-0.15, -0.1) is 12.4 Å². The molecule has 0 saturated carbocycles. The molecular formula is C24H29ClN2O5. The van der Waals surface area contributed by atoms with E-state index in [-0.39, 0.29) is 24.5 Å². The number of amides is 1. The van der Waals surface area contributed by atoms with Gasteiger partial charge in [0.05, 0.1) is 13.2 Å². The lowest BCUT2D eigenvalue weighted by molar-refractivity contribution is -0.144. The van der Waals surface area contributed by atoms with E-state index in [2.05, 4.69) is 4.90 Å². The first kappa shape index (κ1) is 23.9. The molecule has 0 unspecified atom stereocenters. The number of ether oxygens (including phenoxy) is 3. The number of esters is 1. The van der Waals surface area contributed by atoms with Gasteiger partial charge in [-0.3, -0.25) is 9.69 Å². The van der Waals surface area contributed by atoms with Gasteiger partial charge in [0.2, 0.25) is 0 Å². The predicted molar refractivity (Wildman–Crippen MR) is 123 cm³/mol. The molecule has 0 atom stereocenters. The topological polar surface area (TPSA) is 68.3 Å². The smallest absolute Gasteiger partial charge is 0.409 e. The molecule has 0 radical (unpaired) electrons. The van der Waals surface area contributed by atoms with Crippen LogP contribution < -0.4 is 4.74 Å². The highest BCUT2D eigenvalue weighted by molar-refractivity contribution is 5.85. The SMILES string of the molecule is CCOC(=O)N1CCN(CCCOC(=O)C2c3ccccc3Oc3ccccc32)CC1.Cl. The van der Waals surface area contributed by atoms with E-state index in [0.29, 0.717) is 37.8 Å². The fraction of sp³-hybridized carbons (Fsp3) is 0.417. The minimum Gasteiger partial charge on any atom is -0.465 e. The molecule has 7 nitrogen and oxygen atoms in total. The summed E-state index contributed by atoms with van der Waals surface area (Å²) in [7, 11) is 0. The zero-order valence-electron chi connectivity index (χ0n) is 18.2. The van der Waals surface area contributed by atoms with Crippen LogP contribution in [0.4, 0.5) is 4.79 Å². The summed E-state index contributed by atoms with van der Waals surface area (Å²) < 4.78 is 16.7. The Morgan fingerprint density at radius 1 is 0.938 bits per heavy atom. The van der Waals surface area contributed by atoms with E-state index in [4.69, 9.17) is 14.2 Å². The normalized spacial score (nSPS) is 15.6. The number of benzene rings is 2. The lowest BCUT2D eigenvalue weighted by atomic mass is 9.88. The Balaban J connectivity index is 0.00000289. The fourth-order valence-electron chi connectivity index (χ4n) is 4.08. The maximum atomic E-state index is 13.0. The summed E-state index contributed by atoms with van der Waals surface area (Å²) in [4.78, 5) is 28.8. The average molecular weight is 461 g/mol. The molecule has 8 heteroatoms. The summed E-state index contributed by atoms with van der Waals surface area (Å²) in [6.07, 6.45) is 0.505. The largest absolute Gasteiger partial charge is 0.465 e. The quantitative estimate of drug-likeness (QED) is 0.478. The van der Waals surface area contributed by atoms with Crippen molar-refractivity contribution in [2.24, 2.45) is 0 Å². The predicted octanol–water partition coefficient (Wildman–Crippen LogP) is 4.05. The molecule has 1 amide bonds. The number of piperazine rings is 1. The minimum absolute atomic E-state index is 0. The number of carbonyl (C=O) groups is 2. The summed E-state index contributed by atoms with van der Waals surface area (Å²) >= 11 is 0. The van der Waals surface area contributed by atoms with E-state index >= 15 is 0 Å². The molecule has 0 aromatic heterocycles. The van der Waals surface area contributed by atoms with Crippen LogP contribution in [-0.4, -0.2) is 67.8 Å². The lowest BCUT2D eigenvalue weighted by Crippen LogP contribution is -2.49. The molecular weight excluding hydrogens is 432 g/mol. The Labute approximate surface area is 194 Å². The molecule has 2 aromatic rings. The second-order valence-corrected chi connectivity index (χ2v) is 7.66. The number of fused-ring (bicyclic) bond motifs is 2. The standard InChI is InChI=1S/C24H28N2O5.ClH/c1-2-29-24(28)26-15-13-25(14-16-26)12-7-17-30-23(27)22-18-8-3-5-10-20(18)31-21-11-6-4-9-19(21)22;/h3-6,8-11,22H,2,7,12-17H2,1H3;1H. The first-order chi connectivity index (χ1) is 15.2. The van der Waals surface area contributed by atoms with Crippen LogP contribution in [0.5, 0.6) is 11.5 Å². The fourth-order valence-corrected chi connectivity index (χ4v) is 4.08. The molecule has 0 aliphatic carbocycles. The summed E-state index contributed by atoms with van der Waals surface area (Å²) in [6, 6.07) is 15.2. The van der Waals surface area contributed by atoms with Gasteiger partial charge >= 0.3 is 12.1 Å². The van der Waals surface area contributed by atoms with E-state index in [9.17, 15) is 9.59 Å². The van der Waals surface area contributed by atoms with Crippen molar-refractivity contribution < 1.29 is 23.8 Å². The van der Waals surface area contributed by atoms with Crippen molar-refractivity contribution in [1.82, 2.24) is 9.80 Å². The summed E-state index contributed by atoms with van der Waals surface area (Å²) in [5.74, 6) is 0.662. The molecule has 0 bridgehead atoms. The third-order valence-electron chi connectivity index (χ3n) is 5.68. The third-order valence-corrected chi connectivity index (χ3v) is 5.68. The zero-order valence-corrected chi connectivity index (χ0v) is 19.0. The highest BCUT2D eigenvalue weighted by Crippen LogP contribution is 2.44. The second-order valence-electron chi connectivity index (χ2n) is 7.66. The van der Waals surface area contributed by atoms with Gasteiger partial charge in [-0.2, -0.15) is 0 Å². The summed E-state index contributed by atoms with van der Waals surface area (Å²) in [5, 5.41) is 0. The molecule has 2 heterocycles. The zero-order chi connectivity index (χ0) is 21.6. The Hall–Kier alpha value is -2.77. The van der Waals surface area contributed by atoms with Crippen molar-refractivity contribution in [3.05, 3.63) is 59.7 Å². The number of hydrogen-bond donors (Lipinski definition) is 0. The maximum absolute atomic E-state index is 13.0. The molecule has 0 spiro atoms. The molecule has 1 saturated heterocycles. The highest BCUT2D eigenvalue weighted by Gasteiger charge is 2.33. The molecule has 2 aliphatic rings. The van der Waals surface area contributed by atoms with Crippen LogP contribution in [0.25, 0.3) is 0 Å². The Kier molecular flexibility index (Phi) is 8.36. The molecule has 0 N–H and O–H groups in total. The van der Waals surface area contributed by atoms with Crippen LogP contribution in [0.1, 0.15) is 30.4 Å². The van der Waals surface area contributed by atoms with E-state index in [1.54, 1.807) is 4.90 Å². The van der Waals surface area contributed by atoms with Crippen LogP contribution in [0.15, 0.2) is 48.5 Å². The minimum atomic E-state index is -0.478. The van der Waals surface area contributed by atoms with E-state index in [1.807, 2.05) is 55.5 Å². The van der Waals surface area contributed by atoms with Crippen LogP contribution in [0, 0.1) is 0 Å². The van der Waals surface area contributed by atoms with Crippen molar-refractivity contribution in [2.45, 2.75) is 19.3 Å². The maximum Gasteiger partial charge on any atom is 0.409 e. The van der Waals surface area contributed by atoms with Gasteiger partial charge in [0.25, 0.3) is 0 Å². The highest BCUT2D eigenvalue weighted by atomic mass is 35.5. The molecule has 172 valence electrons. The molecule has 2 aromatic carbocycles. The van der Waals surface area contributed by atoms with Crippen LogP contribution in [0.3, 0.4) is 0 Å². The first-order valence-corrected chi connectivity index (χ1v) is 10.8.